The maximum absolute atomic E-state index is 12.4. The van der Waals surface area contributed by atoms with Gasteiger partial charge in [0.05, 0.1) is 10.5 Å². The maximum atomic E-state index is 12.4. The highest BCUT2D eigenvalue weighted by Crippen LogP contribution is 2.19. The zero-order valence-corrected chi connectivity index (χ0v) is 14.1. The molecule has 0 aliphatic heterocycles. The van der Waals surface area contributed by atoms with Gasteiger partial charge < -0.3 is 5.32 Å². The molecule has 1 aromatic heterocycles. The summed E-state index contributed by atoms with van der Waals surface area (Å²) in [7, 11) is -3.47. The van der Waals surface area contributed by atoms with Crippen molar-refractivity contribution in [3.05, 3.63) is 46.7 Å². The molecular formula is C15H18N2O3S2. The number of carbonyl (C=O) groups excluding carboxylic acids is 1. The van der Waals surface area contributed by atoms with Crippen LogP contribution in [0.3, 0.4) is 0 Å². The summed E-state index contributed by atoms with van der Waals surface area (Å²) in [6, 6.07) is 7.95. The molecule has 0 radical (unpaired) electrons. The Bertz CT molecular complexity index is 719. The van der Waals surface area contributed by atoms with E-state index in [0.717, 1.165) is 0 Å². The second kappa shape index (κ2) is 7.04. The number of benzene rings is 1. The molecule has 0 atom stereocenters. The number of nitrogens with zero attached hydrogens (tertiary/aromatic N) is 1. The first-order valence-corrected chi connectivity index (χ1v) is 9.31. The van der Waals surface area contributed by atoms with E-state index in [9.17, 15) is 13.2 Å². The molecule has 0 saturated carbocycles. The van der Waals surface area contributed by atoms with Crippen molar-refractivity contribution in [3.63, 3.8) is 0 Å². The van der Waals surface area contributed by atoms with E-state index in [0.29, 0.717) is 24.3 Å². The largest absolute Gasteiger partial charge is 0.322 e. The molecule has 1 amide bonds. The van der Waals surface area contributed by atoms with Crippen LogP contribution < -0.4 is 5.32 Å². The lowest BCUT2D eigenvalue weighted by molar-refractivity contribution is 0.102. The van der Waals surface area contributed by atoms with Crippen LogP contribution in [-0.4, -0.2) is 31.7 Å². The Kier molecular flexibility index (Phi) is 5.33. The normalized spacial score (nSPS) is 11.6. The molecular weight excluding hydrogens is 320 g/mol. The standard InChI is InChI=1S/C15H18N2O3S2/c1-3-17(4-2)22(19,20)14-7-5-13(6-8-14)16-15(18)12-9-10-21-11-12/h5-11H,3-4H2,1-2H3,(H,16,18). The van der Waals surface area contributed by atoms with E-state index in [1.165, 1.54) is 27.8 Å². The Morgan fingerprint density at radius 1 is 1.14 bits per heavy atom. The van der Waals surface area contributed by atoms with E-state index < -0.39 is 10.0 Å². The van der Waals surface area contributed by atoms with Crippen LogP contribution in [0, 0.1) is 0 Å². The molecule has 0 fully saturated rings. The highest BCUT2D eigenvalue weighted by molar-refractivity contribution is 7.89. The molecule has 118 valence electrons. The maximum Gasteiger partial charge on any atom is 0.256 e. The number of thiophene rings is 1. The molecule has 1 N–H and O–H groups in total. The Balaban J connectivity index is 2.15. The van der Waals surface area contributed by atoms with E-state index in [-0.39, 0.29) is 10.8 Å². The fraction of sp³-hybridized carbons (Fsp3) is 0.267. The fourth-order valence-corrected chi connectivity index (χ4v) is 4.11. The van der Waals surface area contributed by atoms with E-state index in [1.807, 2.05) is 5.38 Å². The summed E-state index contributed by atoms with van der Waals surface area (Å²) in [5.74, 6) is -0.208. The van der Waals surface area contributed by atoms with Crippen LogP contribution in [-0.2, 0) is 10.0 Å². The van der Waals surface area contributed by atoms with Gasteiger partial charge >= 0.3 is 0 Å². The van der Waals surface area contributed by atoms with Crippen molar-refractivity contribution in [2.75, 3.05) is 18.4 Å². The second-order valence-corrected chi connectivity index (χ2v) is 7.30. The summed E-state index contributed by atoms with van der Waals surface area (Å²) in [4.78, 5) is 12.2. The van der Waals surface area contributed by atoms with Crippen molar-refractivity contribution in [3.8, 4) is 0 Å². The lowest BCUT2D eigenvalue weighted by atomic mass is 10.3. The fourth-order valence-electron chi connectivity index (χ4n) is 2.02. The van der Waals surface area contributed by atoms with Crippen molar-refractivity contribution < 1.29 is 13.2 Å². The minimum atomic E-state index is -3.47. The van der Waals surface area contributed by atoms with E-state index in [4.69, 9.17) is 0 Å². The van der Waals surface area contributed by atoms with Crippen molar-refractivity contribution in [2.24, 2.45) is 0 Å². The summed E-state index contributed by atoms with van der Waals surface area (Å²) in [6.45, 7) is 4.46. The van der Waals surface area contributed by atoms with Crippen molar-refractivity contribution in [1.82, 2.24) is 4.31 Å². The summed E-state index contributed by atoms with van der Waals surface area (Å²) in [5.41, 5.74) is 1.15. The monoisotopic (exact) mass is 338 g/mol. The molecule has 0 spiro atoms. The Labute approximate surface area is 134 Å². The van der Waals surface area contributed by atoms with Gasteiger partial charge in [0.15, 0.2) is 0 Å². The zero-order chi connectivity index (χ0) is 16.2. The van der Waals surface area contributed by atoms with Crippen LogP contribution in [0.25, 0.3) is 0 Å². The number of sulfonamides is 1. The van der Waals surface area contributed by atoms with Crippen LogP contribution in [0.4, 0.5) is 5.69 Å². The number of nitrogens with one attached hydrogen (secondary N) is 1. The van der Waals surface area contributed by atoms with Gasteiger partial charge in [-0.25, -0.2) is 8.42 Å². The van der Waals surface area contributed by atoms with E-state index in [2.05, 4.69) is 5.32 Å². The molecule has 5 nitrogen and oxygen atoms in total. The Hall–Kier alpha value is -1.70. The molecule has 0 bridgehead atoms. The first kappa shape index (κ1) is 16.7. The van der Waals surface area contributed by atoms with Crippen LogP contribution in [0.2, 0.25) is 0 Å². The van der Waals surface area contributed by atoms with Crippen LogP contribution in [0.15, 0.2) is 46.0 Å². The van der Waals surface area contributed by atoms with Gasteiger partial charge in [-0.3, -0.25) is 4.79 Å². The quantitative estimate of drug-likeness (QED) is 0.880. The van der Waals surface area contributed by atoms with Gasteiger partial charge in [-0.2, -0.15) is 15.6 Å². The number of rotatable bonds is 6. The predicted molar refractivity (Wildman–Crippen MR) is 88.8 cm³/mol. The Morgan fingerprint density at radius 3 is 2.27 bits per heavy atom. The molecule has 7 heteroatoms. The van der Waals surface area contributed by atoms with E-state index in [1.54, 1.807) is 37.4 Å². The van der Waals surface area contributed by atoms with Gasteiger partial charge in [-0.1, -0.05) is 13.8 Å². The van der Waals surface area contributed by atoms with Gasteiger partial charge in [-0.05, 0) is 35.7 Å². The lowest BCUT2D eigenvalue weighted by Crippen LogP contribution is -2.30. The summed E-state index contributed by atoms with van der Waals surface area (Å²) in [6.07, 6.45) is 0. The van der Waals surface area contributed by atoms with Gasteiger partial charge in [-0.15, -0.1) is 0 Å². The minimum Gasteiger partial charge on any atom is -0.322 e. The third-order valence-corrected chi connectivity index (χ3v) is 5.99. The van der Waals surface area contributed by atoms with Crippen LogP contribution in [0.5, 0.6) is 0 Å². The molecule has 0 unspecified atom stereocenters. The summed E-state index contributed by atoms with van der Waals surface area (Å²) in [5, 5.41) is 6.33. The van der Waals surface area contributed by atoms with Gasteiger partial charge in [0.1, 0.15) is 0 Å². The van der Waals surface area contributed by atoms with Crippen molar-refractivity contribution in [2.45, 2.75) is 18.7 Å². The number of hydrogen-bond donors (Lipinski definition) is 1. The average Bonchev–Trinajstić information content (AvgIpc) is 3.03. The molecule has 1 heterocycles. The molecule has 0 aliphatic rings. The van der Waals surface area contributed by atoms with Crippen LogP contribution >= 0.6 is 11.3 Å². The first-order valence-electron chi connectivity index (χ1n) is 6.92. The number of amides is 1. The number of carbonyl (C=O) groups is 1. The van der Waals surface area contributed by atoms with Gasteiger partial charge in [0.2, 0.25) is 10.0 Å². The Morgan fingerprint density at radius 2 is 1.77 bits per heavy atom. The number of anilines is 1. The smallest absolute Gasteiger partial charge is 0.256 e. The van der Waals surface area contributed by atoms with Gasteiger partial charge in [0.25, 0.3) is 5.91 Å². The molecule has 2 rings (SSSR count). The third-order valence-electron chi connectivity index (χ3n) is 3.24. The topological polar surface area (TPSA) is 66.5 Å². The molecule has 0 saturated heterocycles. The molecule has 2 aromatic rings. The second-order valence-electron chi connectivity index (χ2n) is 4.58. The zero-order valence-electron chi connectivity index (χ0n) is 12.4. The van der Waals surface area contributed by atoms with E-state index >= 15 is 0 Å². The van der Waals surface area contributed by atoms with Crippen molar-refractivity contribution >= 4 is 33.0 Å². The third kappa shape index (κ3) is 3.55. The summed E-state index contributed by atoms with van der Waals surface area (Å²) >= 11 is 1.45. The van der Waals surface area contributed by atoms with Gasteiger partial charge in [0, 0.05) is 24.2 Å². The molecule has 1 aromatic carbocycles. The number of hydrogen-bond acceptors (Lipinski definition) is 4. The SMILES string of the molecule is CCN(CC)S(=O)(=O)c1ccc(NC(=O)c2ccsc2)cc1. The van der Waals surface area contributed by atoms with Crippen molar-refractivity contribution in [1.29, 1.82) is 0 Å². The first-order chi connectivity index (χ1) is 10.5. The van der Waals surface area contributed by atoms with Crippen LogP contribution in [0.1, 0.15) is 24.2 Å². The molecule has 22 heavy (non-hydrogen) atoms. The predicted octanol–water partition coefficient (Wildman–Crippen LogP) is 3.03. The molecule has 0 aliphatic carbocycles. The highest BCUT2D eigenvalue weighted by atomic mass is 32.2. The summed E-state index contributed by atoms with van der Waals surface area (Å²) < 4.78 is 26.1. The minimum absolute atomic E-state index is 0.208. The average molecular weight is 338 g/mol. The lowest BCUT2D eigenvalue weighted by Gasteiger charge is -2.18. The highest BCUT2D eigenvalue weighted by Gasteiger charge is 2.21.